The second-order valence-corrected chi connectivity index (χ2v) is 8.54. The Labute approximate surface area is 175 Å². The maximum atomic E-state index is 13.5. The minimum Gasteiger partial charge on any atom is -0.390 e. The lowest BCUT2D eigenvalue weighted by atomic mass is 10.0. The summed E-state index contributed by atoms with van der Waals surface area (Å²) in [5, 5.41) is 7.69. The highest BCUT2D eigenvalue weighted by Gasteiger charge is 2.28. The number of carbonyl (C=O) groups is 1. The molecule has 2 aromatic rings. The third-order valence-electron chi connectivity index (χ3n) is 4.40. The lowest BCUT2D eigenvalue weighted by molar-refractivity contribution is 0.0580. The molecular formula is C22H25ClFN3O2. The van der Waals surface area contributed by atoms with Crippen LogP contribution in [-0.4, -0.2) is 34.8 Å². The molecule has 2 aromatic carbocycles. The number of amides is 2. The summed E-state index contributed by atoms with van der Waals surface area (Å²) in [7, 11) is 0. The highest BCUT2D eigenvalue weighted by atomic mass is 35.5. The van der Waals surface area contributed by atoms with E-state index in [9.17, 15) is 9.18 Å². The lowest BCUT2D eigenvalue weighted by Crippen LogP contribution is -2.50. The van der Waals surface area contributed by atoms with Gasteiger partial charge in [0, 0.05) is 29.1 Å². The summed E-state index contributed by atoms with van der Waals surface area (Å²) < 4.78 is 13.5. The van der Waals surface area contributed by atoms with Gasteiger partial charge in [-0.25, -0.2) is 9.18 Å². The third-order valence-corrected chi connectivity index (χ3v) is 4.77. The van der Waals surface area contributed by atoms with Crippen molar-refractivity contribution in [2.45, 2.75) is 45.4 Å². The molecule has 0 saturated heterocycles. The number of hydrogen-bond acceptors (Lipinski definition) is 3. The predicted molar refractivity (Wildman–Crippen MR) is 113 cm³/mol. The van der Waals surface area contributed by atoms with Gasteiger partial charge in [-0.1, -0.05) is 47.1 Å². The number of halogens is 2. The Morgan fingerprint density at radius 2 is 2.03 bits per heavy atom. The summed E-state index contributed by atoms with van der Waals surface area (Å²) in [6.07, 6.45) is 0.173. The SMILES string of the molecule is CC(C)(C)NC(=O)N(Cc1ccccc1Cl)CC1CC(c2cccc(F)c2)=NO1. The fraction of sp³-hybridized carbons (Fsp3) is 0.364. The first-order valence-corrected chi connectivity index (χ1v) is 9.88. The molecule has 0 radical (unpaired) electrons. The lowest BCUT2D eigenvalue weighted by Gasteiger charge is -2.30. The number of rotatable bonds is 5. The van der Waals surface area contributed by atoms with E-state index in [-0.39, 0.29) is 23.5 Å². The van der Waals surface area contributed by atoms with Crippen molar-refractivity contribution in [1.29, 1.82) is 0 Å². The number of carbonyl (C=O) groups excluding carboxylic acids is 1. The Kier molecular flexibility index (Phi) is 6.42. The molecule has 7 heteroatoms. The van der Waals surface area contributed by atoms with Crippen LogP contribution in [0, 0.1) is 5.82 Å². The maximum Gasteiger partial charge on any atom is 0.318 e. The number of urea groups is 1. The molecule has 2 amide bonds. The van der Waals surface area contributed by atoms with Gasteiger partial charge in [-0.05, 0) is 44.5 Å². The topological polar surface area (TPSA) is 53.9 Å². The first-order chi connectivity index (χ1) is 13.7. The van der Waals surface area contributed by atoms with E-state index in [1.807, 2.05) is 39.0 Å². The molecule has 1 unspecified atom stereocenters. The van der Waals surface area contributed by atoms with Crippen LogP contribution in [0.5, 0.6) is 0 Å². The third kappa shape index (κ3) is 5.94. The van der Waals surface area contributed by atoms with E-state index in [1.54, 1.807) is 23.1 Å². The molecule has 0 saturated carbocycles. The van der Waals surface area contributed by atoms with E-state index >= 15 is 0 Å². The maximum absolute atomic E-state index is 13.5. The Morgan fingerprint density at radius 1 is 1.28 bits per heavy atom. The molecule has 1 heterocycles. The van der Waals surface area contributed by atoms with Crippen LogP contribution < -0.4 is 5.32 Å². The quantitative estimate of drug-likeness (QED) is 0.745. The summed E-state index contributed by atoms with van der Waals surface area (Å²) >= 11 is 6.29. The molecule has 0 spiro atoms. The van der Waals surface area contributed by atoms with Crippen LogP contribution in [-0.2, 0) is 11.4 Å². The number of oxime groups is 1. The number of nitrogens with one attached hydrogen (secondary N) is 1. The van der Waals surface area contributed by atoms with Gasteiger partial charge in [0.2, 0.25) is 0 Å². The van der Waals surface area contributed by atoms with Crippen molar-refractivity contribution in [1.82, 2.24) is 10.2 Å². The minimum atomic E-state index is -0.379. The number of nitrogens with zero attached hydrogens (tertiary/aromatic N) is 2. The zero-order valence-electron chi connectivity index (χ0n) is 16.8. The van der Waals surface area contributed by atoms with E-state index in [0.29, 0.717) is 35.8 Å². The van der Waals surface area contributed by atoms with Crippen LogP contribution in [0.3, 0.4) is 0 Å². The van der Waals surface area contributed by atoms with E-state index in [2.05, 4.69) is 10.5 Å². The van der Waals surface area contributed by atoms with Gasteiger partial charge in [-0.2, -0.15) is 0 Å². The van der Waals surface area contributed by atoms with Crippen molar-refractivity contribution in [2.75, 3.05) is 6.54 Å². The minimum absolute atomic E-state index is 0.208. The smallest absolute Gasteiger partial charge is 0.318 e. The zero-order chi connectivity index (χ0) is 21.0. The Bertz CT molecular complexity index is 911. The first kappa shape index (κ1) is 21.1. The Hall–Kier alpha value is -2.60. The monoisotopic (exact) mass is 417 g/mol. The second-order valence-electron chi connectivity index (χ2n) is 8.13. The van der Waals surface area contributed by atoms with Gasteiger partial charge in [0.25, 0.3) is 0 Å². The standard InChI is InChI=1S/C22H25ClFN3O2/c1-22(2,3)25-21(28)27(13-16-7-4-5-10-19(16)23)14-18-12-20(26-29-18)15-8-6-9-17(24)11-15/h4-11,18H,12-14H2,1-3H3,(H,25,28). The highest BCUT2D eigenvalue weighted by molar-refractivity contribution is 6.31. The van der Waals surface area contributed by atoms with Gasteiger partial charge in [0.1, 0.15) is 5.82 Å². The Morgan fingerprint density at radius 3 is 2.72 bits per heavy atom. The predicted octanol–water partition coefficient (Wildman–Crippen LogP) is 4.98. The summed E-state index contributed by atoms with van der Waals surface area (Å²) in [6, 6.07) is 13.5. The average molecular weight is 418 g/mol. The molecule has 1 atom stereocenters. The molecule has 154 valence electrons. The van der Waals surface area contributed by atoms with Crippen LogP contribution in [0.2, 0.25) is 5.02 Å². The van der Waals surface area contributed by atoms with Crippen LogP contribution in [0.4, 0.5) is 9.18 Å². The van der Waals surface area contributed by atoms with Gasteiger partial charge in [-0.3, -0.25) is 0 Å². The van der Waals surface area contributed by atoms with Crippen molar-refractivity contribution in [3.8, 4) is 0 Å². The van der Waals surface area contributed by atoms with E-state index < -0.39 is 0 Å². The van der Waals surface area contributed by atoms with E-state index in [1.165, 1.54) is 12.1 Å². The molecule has 1 aliphatic heterocycles. The highest BCUT2D eigenvalue weighted by Crippen LogP contribution is 2.22. The summed E-state index contributed by atoms with van der Waals surface area (Å²) in [4.78, 5) is 20.1. The molecule has 1 aliphatic rings. The van der Waals surface area contributed by atoms with Crippen LogP contribution >= 0.6 is 11.6 Å². The largest absolute Gasteiger partial charge is 0.390 e. The van der Waals surface area contributed by atoms with E-state index in [0.717, 1.165) is 5.56 Å². The van der Waals surface area contributed by atoms with Gasteiger partial charge >= 0.3 is 6.03 Å². The van der Waals surface area contributed by atoms with Gasteiger partial charge in [0.15, 0.2) is 6.10 Å². The summed E-state index contributed by atoms with van der Waals surface area (Å²) in [5.74, 6) is -0.321. The van der Waals surface area contributed by atoms with Crippen molar-refractivity contribution < 1.29 is 14.0 Å². The Balaban J connectivity index is 1.72. The van der Waals surface area contributed by atoms with Crippen molar-refractivity contribution >= 4 is 23.3 Å². The molecule has 5 nitrogen and oxygen atoms in total. The molecule has 0 aliphatic carbocycles. The molecule has 29 heavy (non-hydrogen) atoms. The normalized spacial score (nSPS) is 16.2. The molecule has 0 aromatic heterocycles. The molecular weight excluding hydrogens is 393 g/mol. The zero-order valence-corrected chi connectivity index (χ0v) is 17.5. The van der Waals surface area contributed by atoms with Gasteiger partial charge < -0.3 is 15.1 Å². The van der Waals surface area contributed by atoms with Crippen molar-refractivity contribution in [3.63, 3.8) is 0 Å². The second kappa shape index (κ2) is 8.82. The fourth-order valence-electron chi connectivity index (χ4n) is 3.06. The molecule has 3 rings (SSSR count). The van der Waals surface area contributed by atoms with Crippen molar-refractivity contribution in [2.24, 2.45) is 5.16 Å². The average Bonchev–Trinajstić information content (AvgIpc) is 3.10. The number of hydrogen-bond donors (Lipinski definition) is 1. The van der Waals surface area contributed by atoms with Crippen LogP contribution in [0.15, 0.2) is 53.7 Å². The van der Waals surface area contributed by atoms with Gasteiger partial charge in [0.05, 0.1) is 12.3 Å². The first-order valence-electron chi connectivity index (χ1n) is 9.50. The fourth-order valence-corrected chi connectivity index (χ4v) is 3.26. The van der Waals surface area contributed by atoms with E-state index in [4.69, 9.17) is 16.4 Å². The van der Waals surface area contributed by atoms with Crippen LogP contribution in [0.25, 0.3) is 0 Å². The summed E-state index contributed by atoms with van der Waals surface area (Å²) in [5.41, 5.74) is 1.82. The van der Waals surface area contributed by atoms with Gasteiger partial charge in [-0.15, -0.1) is 0 Å². The number of benzene rings is 2. The summed E-state index contributed by atoms with van der Waals surface area (Å²) in [6.45, 7) is 6.45. The molecule has 0 bridgehead atoms. The molecule has 0 fully saturated rings. The van der Waals surface area contributed by atoms with Crippen LogP contribution in [0.1, 0.15) is 38.3 Å². The molecule has 1 N–H and O–H groups in total. The van der Waals surface area contributed by atoms with Crippen molar-refractivity contribution in [3.05, 3.63) is 70.5 Å².